The van der Waals surface area contributed by atoms with Crippen LogP contribution in [0.15, 0.2) is 28.1 Å². The van der Waals surface area contributed by atoms with Gasteiger partial charge in [-0.1, -0.05) is 11.6 Å². The fourth-order valence-corrected chi connectivity index (χ4v) is 2.60. The summed E-state index contributed by atoms with van der Waals surface area (Å²) in [6, 6.07) is 4.08. The Bertz CT molecular complexity index is 551. The van der Waals surface area contributed by atoms with Crippen molar-refractivity contribution in [1.82, 2.24) is 0 Å². The summed E-state index contributed by atoms with van der Waals surface area (Å²) in [5, 5.41) is 10.4. The number of hydrogen-bond donors (Lipinski definition) is 0. The van der Waals surface area contributed by atoms with Gasteiger partial charge in [0.25, 0.3) is 5.69 Å². The van der Waals surface area contributed by atoms with E-state index in [1.54, 1.807) is 6.92 Å². The molecule has 0 aliphatic heterocycles. The number of nitrogens with zero attached hydrogens (tertiary/aromatic N) is 2. The van der Waals surface area contributed by atoms with Gasteiger partial charge in [-0.15, -0.1) is 11.8 Å². The first kappa shape index (κ1) is 17.5. The maximum atomic E-state index is 11.9. The van der Waals surface area contributed by atoms with Crippen LogP contribution < -0.4 is 0 Å². The smallest absolute Gasteiger partial charge is 0.324 e. The van der Waals surface area contributed by atoms with Crippen LogP contribution in [0.5, 0.6) is 0 Å². The van der Waals surface area contributed by atoms with Gasteiger partial charge in [-0.05, 0) is 19.9 Å². The molecule has 21 heavy (non-hydrogen) atoms. The van der Waals surface area contributed by atoms with Crippen LogP contribution in [0.4, 0.5) is 5.69 Å². The second-order valence-electron chi connectivity index (χ2n) is 3.81. The number of esters is 1. The van der Waals surface area contributed by atoms with Gasteiger partial charge in [-0.2, -0.15) is 0 Å². The van der Waals surface area contributed by atoms with Crippen molar-refractivity contribution in [2.75, 3.05) is 13.2 Å². The van der Waals surface area contributed by atoms with E-state index < -0.39 is 16.1 Å². The third-order valence-electron chi connectivity index (χ3n) is 2.32. The highest BCUT2D eigenvalue weighted by Gasteiger charge is 2.21. The van der Waals surface area contributed by atoms with Crippen molar-refractivity contribution in [2.24, 2.45) is 4.99 Å². The second-order valence-corrected chi connectivity index (χ2v) is 5.40. The zero-order chi connectivity index (χ0) is 15.8. The van der Waals surface area contributed by atoms with Crippen LogP contribution in [0.2, 0.25) is 5.02 Å². The van der Waals surface area contributed by atoms with Crippen LogP contribution in [0.3, 0.4) is 0 Å². The predicted octanol–water partition coefficient (Wildman–Crippen LogP) is 3.36. The molecule has 0 aromatic heterocycles. The van der Waals surface area contributed by atoms with Gasteiger partial charge >= 0.3 is 5.97 Å². The largest absolute Gasteiger partial charge is 0.465 e. The minimum absolute atomic E-state index is 0.0862. The molecule has 1 atom stereocenters. The molecule has 0 fully saturated rings. The summed E-state index contributed by atoms with van der Waals surface area (Å²) in [6.07, 6.45) is 1.47. The minimum atomic E-state index is -0.690. The zero-order valence-electron chi connectivity index (χ0n) is 11.6. The highest BCUT2D eigenvalue weighted by molar-refractivity contribution is 8.01. The van der Waals surface area contributed by atoms with Gasteiger partial charge in [0.2, 0.25) is 0 Å². The Morgan fingerprint density at radius 1 is 1.57 bits per heavy atom. The number of carbonyl (C=O) groups excluding carboxylic acids is 1. The number of thioether (sulfide) groups is 1. The number of nitro groups is 1. The summed E-state index contributed by atoms with van der Waals surface area (Å²) in [6.45, 7) is 4.32. The van der Waals surface area contributed by atoms with E-state index in [9.17, 15) is 14.9 Å². The van der Waals surface area contributed by atoms with E-state index in [2.05, 4.69) is 4.99 Å². The van der Waals surface area contributed by atoms with E-state index >= 15 is 0 Å². The number of ether oxygens (including phenoxy) is 1. The first-order valence-corrected chi connectivity index (χ1v) is 7.52. The number of benzene rings is 1. The fourth-order valence-electron chi connectivity index (χ4n) is 1.40. The van der Waals surface area contributed by atoms with Gasteiger partial charge in [-0.3, -0.25) is 19.9 Å². The molecule has 0 aliphatic rings. The van der Waals surface area contributed by atoms with Crippen LogP contribution in [0, 0.1) is 10.1 Å². The van der Waals surface area contributed by atoms with Crippen LogP contribution in [-0.4, -0.2) is 35.5 Å². The Balaban J connectivity index is 3.02. The average Bonchev–Trinajstić information content (AvgIpc) is 2.45. The third kappa shape index (κ3) is 5.35. The lowest BCUT2D eigenvalue weighted by Crippen LogP contribution is -2.21. The molecular weight excluding hydrogens is 316 g/mol. The van der Waals surface area contributed by atoms with Crippen LogP contribution in [0.25, 0.3) is 0 Å². The molecule has 0 bridgehead atoms. The average molecular weight is 331 g/mol. The van der Waals surface area contributed by atoms with Gasteiger partial charge in [-0.25, -0.2) is 0 Å². The van der Waals surface area contributed by atoms with Crippen molar-refractivity contribution in [3.05, 3.63) is 33.3 Å². The predicted molar refractivity (Wildman–Crippen MR) is 83.4 cm³/mol. The molecule has 0 amide bonds. The third-order valence-corrected chi connectivity index (χ3v) is 3.92. The molecule has 1 rings (SSSR count). The van der Waals surface area contributed by atoms with Gasteiger partial charge in [0.05, 0.1) is 16.6 Å². The molecule has 0 radical (unpaired) electrons. The number of rotatable bonds is 7. The molecule has 0 saturated heterocycles. The number of hydrogen-bond acceptors (Lipinski definition) is 6. The molecule has 0 N–H and O–H groups in total. The van der Waals surface area contributed by atoms with Gasteiger partial charge < -0.3 is 4.74 Å². The lowest BCUT2D eigenvalue weighted by Gasteiger charge is -2.11. The van der Waals surface area contributed by atoms with Crippen LogP contribution in [-0.2, 0) is 9.53 Å². The highest BCUT2D eigenvalue weighted by atomic mass is 35.5. The monoisotopic (exact) mass is 330 g/mol. The lowest BCUT2D eigenvalue weighted by molar-refractivity contribution is -0.385. The molecule has 6 nitrogen and oxygen atoms in total. The van der Waals surface area contributed by atoms with Crippen molar-refractivity contribution in [1.29, 1.82) is 0 Å². The molecule has 0 saturated carbocycles. The summed E-state index contributed by atoms with van der Waals surface area (Å²) in [7, 11) is 0. The Hall–Kier alpha value is -1.60. The summed E-state index contributed by atoms with van der Waals surface area (Å²) >= 11 is 7.10. The van der Waals surface area contributed by atoms with E-state index in [-0.39, 0.29) is 12.3 Å². The molecule has 1 aromatic carbocycles. The number of non-ortho nitro benzene ring substituents is 1. The highest BCUT2D eigenvalue weighted by Crippen LogP contribution is 2.33. The maximum Gasteiger partial charge on any atom is 0.324 e. The molecule has 8 heteroatoms. The molecular formula is C13H15ClN2O4S. The molecule has 1 aromatic rings. The van der Waals surface area contributed by atoms with E-state index in [0.29, 0.717) is 16.5 Å². The number of nitro benzene ring substituents is 1. The molecule has 0 heterocycles. The van der Waals surface area contributed by atoms with Gasteiger partial charge in [0.1, 0.15) is 5.25 Å². The molecule has 0 spiro atoms. The number of aliphatic imine (C=N–C) groups is 1. The topological polar surface area (TPSA) is 81.8 Å². The first-order chi connectivity index (χ1) is 9.99. The summed E-state index contributed by atoms with van der Waals surface area (Å²) in [5.41, 5.74) is -0.0862. The summed E-state index contributed by atoms with van der Waals surface area (Å²) in [4.78, 5) is 26.6. The SMILES string of the molecule is CCN=CC(Sc1cc([N+](=O)[O-])ccc1Cl)C(=O)OCC. The van der Waals surface area contributed by atoms with Crippen molar-refractivity contribution in [3.63, 3.8) is 0 Å². The van der Waals surface area contributed by atoms with Crippen molar-refractivity contribution in [2.45, 2.75) is 24.0 Å². The first-order valence-electron chi connectivity index (χ1n) is 6.26. The number of halogens is 1. The molecule has 0 aliphatic carbocycles. The Morgan fingerprint density at radius 3 is 2.86 bits per heavy atom. The quantitative estimate of drug-likeness (QED) is 0.252. The van der Waals surface area contributed by atoms with Crippen molar-refractivity contribution in [3.8, 4) is 0 Å². The normalized spacial score (nSPS) is 12.3. The Kier molecular flexibility index (Phi) is 7.18. The minimum Gasteiger partial charge on any atom is -0.465 e. The molecule has 114 valence electrons. The van der Waals surface area contributed by atoms with E-state index in [4.69, 9.17) is 16.3 Å². The van der Waals surface area contributed by atoms with Crippen molar-refractivity contribution < 1.29 is 14.5 Å². The fraction of sp³-hybridized carbons (Fsp3) is 0.385. The Morgan fingerprint density at radius 2 is 2.29 bits per heavy atom. The van der Waals surface area contributed by atoms with Crippen molar-refractivity contribution >= 4 is 41.2 Å². The summed E-state index contributed by atoms with van der Waals surface area (Å²) in [5.74, 6) is -0.456. The van der Waals surface area contributed by atoms with Crippen LogP contribution >= 0.6 is 23.4 Å². The second kappa shape index (κ2) is 8.63. The molecule has 1 unspecified atom stereocenters. The lowest BCUT2D eigenvalue weighted by atomic mass is 10.3. The van der Waals surface area contributed by atoms with E-state index in [0.717, 1.165) is 11.8 Å². The Labute approximate surface area is 131 Å². The number of carbonyl (C=O) groups is 1. The summed E-state index contributed by atoms with van der Waals surface area (Å²) < 4.78 is 4.96. The van der Waals surface area contributed by atoms with Gasteiger partial charge in [0, 0.05) is 29.8 Å². The van der Waals surface area contributed by atoms with Gasteiger partial charge in [0.15, 0.2) is 0 Å². The standard InChI is InChI=1S/C13H15ClN2O4S/c1-3-15-8-12(13(17)20-4-2)21-11-7-9(16(18)19)5-6-10(11)14/h5-8,12H,3-4H2,1-2H3. The zero-order valence-corrected chi connectivity index (χ0v) is 13.2. The van der Waals surface area contributed by atoms with E-state index in [1.165, 1.54) is 24.4 Å². The maximum absolute atomic E-state index is 11.9. The van der Waals surface area contributed by atoms with Crippen LogP contribution in [0.1, 0.15) is 13.8 Å². The van der Waals surface area contributed by atoms with E-state index in [1.807, 2.05) is 6.92 Å².